The number of ether oxygens (including phenoxy) is 3. The zero-order valence-electron chi connectivity index (χ0n) is 21.5. The molecule has 2 unspecified atom stereocenters. The van der Waals surface area contributed by atoms with E-state index in [1.807, 2.05) is 30.3 Å². The van der Waals surface area contributed by atoms with Crippen molar-refractivity contribution in [3.05, 3.63) is 95.5 Å². The minimum atomic E-state index is -0.345. The number of hydrogen-bond acceptors (Lipinski definition) is 7. The van der Waals surface area contributed by atoms with Gasteiger partial charge in [0.15, 0.2) is 17.3 Å². The number of carbonyl (C=O) groups excluding carboxylic acids is 1. The van der Waals surface area contributed by atoms with E-state index in [-0.39, 0.29) is 17.7 Å². The predicted octanol–water partition coefficient (Wildman–Crippen LogP) is 5.39. The van der Waals surface area contributed by atoms with Gasteiger partial charge in [-0.05, 0) is 46.7 Å². The molecule has 3 aromatic carbocycles. The van der Waals surface area contributed by atoms with Crippen molar-refractivity contribution in [3.8, 4) is 28.4 Å². The average Bonchev–Trinajstić information content (AvgIpc) is 3.44. The van der Waals surface area contributed by atoms with E-state index in [0.29, 0.717) is 36.0 Å². The number of carbonyl (C=O) groups is 1. The van der Waals surface area contributed by atoms with Gasteiger partial charge in [-0.25, -0.2) is 4.68 Å². The fourth-order valence-corrected chi connectivity index (χ4v) is 5.52. The summed E-state index contributed by atoms with van der Waals surface area (Å²) < 4.78 is 18.4. The Morgan fingerprint density at radius 1 is 0.842 bits per heavy atom. The molecule has 0 amide bonds. The van der Waals surface area contributed by atoms with Crippen LogP contribution in [0, 0.1) is 0 Å². The maximum Gasteiger partial charge on any atom is 0.226 e. The Morgan fingerprint density at radius 2 is 1.53 bits per heavy atom. The van der Waals surface area contributed by atoms with E-state index >= 15 is 0 Å². The molecule has 2 atom stereocenters. The highest BCUT2D eigenvalue weighted by Crippen LogP contribution is 2.47. The van der Waals surface area contributed by atoms with E-state index in [4.69, 9.17) is 14.2 Å². The second-order valence-electron chi connectivity index (χ2n) is 9.42. The summed E-state index contributed by atoms with van der Waals surface area (Å²) in [6.45, 7) is 0. The molecule has 8 heteroatoms. The molecule has 2 aliphatic rings. The Bertz CT molecular complexity index is 1500. The summed E-state index contributed by atoms with van der Waals surface area (Å²) in [7, 11) is 4.77. The number of ketones is 1. The van der Waals surface area contributed by atoms with Crippen molar-refractivity contribution in [1.29, 1.82) is 0 Å². The fourth-order valence-electron chi connectivity index (χ4n) is 5.52. The van der Waals surface area contributed by atoms with Crippen LogP contribution in [-0.4, -0.2) is 41.9 Å². The Labute approximate surface area is 220 Å². The molecule has 6 rings (SSSR count). The highest BCUT2D eigenvalue weighted by molar-refractivity contribution is 6.00. The molecule has 0 radical (unpaired) electrons. The average molecular weight is 509 g/mol. The second kappa shape index (κ2) is 9.70. The van der Waals surface area contributed by atoms with Gasteiger partial charge in [0.25, 0.3) is 0 Å². The number of Topliss-reactive ketones (excluding diaryl/α,β-unsaturated/α-hetero) is 1. The molecule has 0 saturated heterocycles. The number of aromatic nitrogens is 3. The van der Waals surface area contributed by atoms with Gasteiger partial charge in [0.2, 0.25) is 11.7 Å². The van der Waals surface area contributed by atoms with Crippen LogP contribution >= 0.6 is 0 Å². The lowest BCUT2D eigenvalue weighted by molar-refractivity contribution is -0.116. The van der Waals surface area contributed by atoms with E-state index in [0.717, 1.165) is 33.5 Å². The summed E-state index contributed by atoms with van der Waals surface area (Å²) in [5.74, 6) is 2.32. The van der Waals surface area contributed by atoms with E-state index in [9.17, 15) is 4.79 Å². The van der Waals surface area contributed by atoms with Crippen molar-refractivity contribution in [1.82, 2.24) is 14.8 Å². The molecule has 0 spiro atoms. The third-order valence-corrected chi connectivity index (χ3v) is 7.35. The lowest BCUT2D eigenvalue weighted by Crippen LogP contribution is -2.33. The molecule has 38 heavy (non-hydrogen) atoms. The van der Waals surface area contributed by atoms with E-state index in [1.165, 1.54) is 6.33 Å². The molecule has 0 saturated carbocycles. The largest absolute Gasteiger partial charge is 0.493 e. The van der Waals surface area contributed by atoms with Gasteiger partial charge < -0.3 is 19.5 Å². The fraction of sp³-hybridized carbons (Fsp3) is 0.233. The number of benzene rings is 3. The first-order valence-corrected chi connectivity index (χ1v) is 12.5. The zero-order valence-corrected chi connectivity index (χ0v) is 21.5. The van der Waals surface area contributed by atoms with Gasteiger partial charge in [-0.3, -0.25) is 4.79 Å². The number of rotatable bonds is 6. The number of anilines is 1. The van der Waals surface area contributed by atoms with Gasteiger partial charge in [0.1, 0.15) is 12.4 Å². The second-order valence-corrected chi connectivity index (χ2v) is 9.42. The van der Waals surface area contributed by atoms with Crippen LogP contribution in [0.5, 0.6) is 17.2 Å². The lowest BCUT2D eigenvalue weighted by atomic mass is 9.77. The maximum atomic E-state index is 13.8. The van der Waals surface area contributed by atoms with Crippen LogP contribution in [0.1, 0.15) is 35.9 Å². The van der Waals surface area contributed by atoms with Gasteiger partial charge in [-0.1, -0.05) is 54.6 Å². The molecule has 1 aliphatic heterocycles. The molecule has 1 aliphatic carbocycles. The van der Waals surface area contributed by atoms with Crippen molar-refractivity contribution in [2.75, 3.05) is 26.6 Å². The summed E-state index contributed by atoms with van der Waals surface area (Å²) in [5.41, 5.74) is 5.82. The Hall–Kier alpha value is -4.59. The van der Waals surface area contributed by atoms with Crippen molar-refractivity contribution in [3.63, 3.8) is 0 Å². The third kappa shape index (κ3) is 3.98. The molecule has 2 heterocycles. The van der Waals surface area contributed by atoms with Crippen molar-refractivity contribution >= 4 is 11.7 Å². The summed E-state index contributed by atoms with van der Waals surface area (Å²) in [6, 6.07) is 22.1. The van der Waals surface area contributed by atoms with Gasteiger partial charge in [-0.15, -0.1) is 0 Å². The highest BCUT2D eigenvalue weighted by atomic mass is 16.5. The summed E-state index contributed by atoms with van der Waals surface area (Å²) in [4.78, 5) is 18.2. The standard InChI is InChI=1S/C30H28N4O4/c1-36-25-15-22(16-26(37-2)29(25)38-3)21-13-23-27(24(35)14-21)28(34-30(33-23)31-17-32-34)20-11-9-19(10-12-20)18-7-5-4-6-8-18/h4-12,15-17,21,28H,13-14H2,1-3H3,(H,31,32,33). The molecule has 4 aromatic rings. The van der Waals surface area contributed by atoms with Crippen molar-refractivity contribution in [2.45, 2.75) is 24.8 Å². The van der Waals surface area contributed by atoms with Crippen LogP contribution < -0.4 is 19.5 Å². The van der Waals surface area contributed by atoms with E-state index in [1.54, 1.807) is 26.0 Å². The first-order chi connectivity index (χ1) is 18.6. The quantitative estimate of drug-likeness (QED) is 0.374. The Morgan fingerprint density at radius 3 is 2.18 bits per heavy atom. The van der Waals surface area contributed by atoms with Crippen molar-refractivity contribution in [2.24, 2.45) is 0 Å². The number of allylic oxidation sites excluding steroid dienone is 2. The van der Waals surface area contributed by atoms with Crippen LogP contribution in [0.3, 0.4) is 0 Å². The van der Waals surface area contributed by atoms with Crippen LogP contribution in [0.4, 0.5) is 5.95 Å². The smallest absolute Gasteiger partial charge is 0.226 e. The lowest BCUT2D eigenvalue weighted by Gasteiger charge is -2.35. The Kier molecular flexibility index (Phi) is 6.07. The highest BCUT2D eigenvalue weighted by Gasteiger charge is 2.39. The Balaban J connectivity index is 1.38. The molecule has 8 nitrogen and oxygen atoms in total. The molecule has 0 fully saturated rings. The molecule has 192 valence electrons. The topological polar surface area (TPSA) is 87.5 Å². The molecule has 1 N–H and O–H groups in total. The number of fused-ring (bicyclic) bond motifs is 1. The van der Waals surface area contributed by atoms with Gasteiger partial charge in [-0.2, -0.15) is 10.1 Å². The monoisotopic (exact) mass is 508 g/mol. The molecule has 0 bridgehead atoms. The van der Waals surface area contributed by atoms with E-state index < -0.39 is 0 Å². The summed E-state index contributed by atoms with van der Waals surface area (Å²) in [6.07, 6.45) is 2.53. The molecule has 1 aromatic heterocycles. The van der Waals surface area contributed by atoms with Crippen LogP contribution in [0.15, 0.2) is 84.3 Å². The van der Waals surface area contributed by atoms with Crippen LogP contribution in [0.25, 0.3) is 11.1 Å². The van der Waals surface area contributed by atoms with Gasteiger partial charge in [0, 0.05) is 17.7 Å². The van der Waals surface area contributed by atoms with Gasteiger partial charge in [0.05, 0.1) is 21.3 Å². The minimum absolute atomic E-state index is 0.0574. The first-order valence-electron chi connectivity index (χ1n) is 12.5. The third-order valence-electron chi connectivity index (χ3n) is 7.35. The van der Waals surface area contributed by atoms with E-state index in [2.05, 4.69) is 51.8 Å². The number of hydrogen-bond donors (Lipinski definition) is 1. The van der Waals surface area contributed by atoms with Crippen molar-refractivity contribution < 1.29 is 19.0 Å². The summed E-state index contributed by atoms with van der Waals surface area (Å²) >= 11 is 0. The predicted molar refractivity (Wildman–Crippen MR) is 144 cm³/mol. The first kappa shape index (κ1) is 23.8. The number of nitrogens with one attached hydrogen (secondary N) is 1. The van der Waals surface area contributed by atoms with Crippen LogP contribution in [0.2, 0.25) is 0 Å². The molecular formula is C30H28N4O4. The zero-order chi connectivity index (χ0) is 26.2. The summed E-state index contributed by atoms with van der Waals surface area (Å²) in [5, 5.41) is 7.86. The van der Waals surface area contributed by atoms with Gasteiger partial charge >= 0.3 is 0 Å². The van der Waals surface area contributed by atoms with Crippen LogP contribution in [-0.2, 0) is 4.79 Å². The number of nitrogens with zero attached hydrogens (tertiary/aromatic N) is 3. The maximum absolute atomic E-state index is 13.8. The minimum Gasteiger partial charge on any atom is -0.493 e. The normalized spacial score (nSPS) is 18.3. The number of methoxy groups -OCH3 is 3. The SMILES string of the molecule is COc1cc(C2CC(=O)C3=C(C2)Nc2ncnn2C3c2ccc(-c3ccccc3)cc2)cc(OC)c1OC. The molecular weight excluding hydrogens is 480 g/mol.